The van der Waals surface area contributed by atoms with Gasteiger partial charge in [-0.1, -0.05) is 6.07 Å². The van der Waals surface area contributed by atoms with E-state index in [0.717, 1.165) is 57.5 Å². The Morgan fingerprint density at radius 3 is 2.69 bits per heavy atom. The number of piperidine rings is 1. The van der Waals surface area contributed by atoms with Crippen LogP contribution >= 0.6 is 0 Å². The summed E-state index contributed by atoms with van der Waals surface area (Å²) in [4.78, 5) is 18.0. The Morgan fingerprint density at radius 2 is 1.92 bits per heavy atom. The minimum atomic E-state index is -0.148. The summed E-state index contributed by atoms with van der Waals surface area (Å²) in [5.41, 5.74) is 15.3. The number of guanidine groups is 1. The highest BCUT2D eigenvalue weighted by Gasteiger charge is 2.22. The van der Waals surface area contributed by atoms with Crippen LogP contribution in [0.4, 0.5) is 5.69 Å². The third-order valence-electron chi connectivity index (χ3n) is 5.53. The smallest absolute Gasteiger partial charge is 0.220 e. The molecule has 6 heteroatoms. The SMILES string of the molecule is NC(=O)C1CCN(CCCCN=C(N)Nc2ccc3c(c2)CCC3)CC1. The molecule has 1 aliphatic carbocycles. The second-order valence-corrected chi connectivity index (χ2v) is 7.45. The number of likely N-dealkylation sites (tertiary alicyclic amines) is 1. The number of anilines is 1. The largest absolute Gasteiger partial charge is 0.370 e. The Balaban J connectivity index is 1.32. The normalized spacial score (nSPS) is 18.7. The molecule has 0 atom stereocenters. The van der Waals surface area contributed by atoms with Crippen LogP contribution in [0, 0.1) is 5.92 Å². The molecule has 0 unspecified atom stereocenters. The number of nitrogens with zero attached hydrogens (tertiary/aromatic N) is 2. The van der Waals surface area contributed by atoms with Crippen molar-refractivity contribution in [1.29, 1.82) is 0 Å². The Kier molecular flexibility index (Phi) is 6.50. The van der Waals surface area contributed by atoms with Crippen LogP contribution in [-0.4, -0.2) is 42.9 Å². The van der Waals surface area contributed by atoms with Crippen LogP contribution in [-0.2, 0) is 17.6 Å². The van der Waals surface area contributed by atoms with E-state index in [4.69, 9.17) is 11.5 Å². The Bertz CT molecular complexity index is 650. The minimum Gasteiger partial charge on any atom is -0.370 e. The Morgan fingerprint density at radius 1 is 1.15 bits per heavy atom. The molecule has 0 bridgehead atoms. The van der Waals surface area contributed by atoms with Gasteiger partial charge in [0.05, 0.1) is 0 Å². The number of aryl methyl sites for hydroxylation is 2. The van der Waals surface area contributed by atoms with E-state index in [1.165, 1.54) is 30.4 Å². The summed E-state index contributed by atoms with van der Waals surface area (Å²) in [7, 11) is 0. The molecule has 5 N–H and O–H groups in total. The first kappa shape index (κ1) is 18.7. The van der Waals surface area contributed by atoms with E-state index in [1.807, 2.05) is 0 Å². The van der Waals surface area contributed by atoms with E-state index in [0.29, 0.717) is 5.96 Å². The number of hydrogen-bond donors (Lipinski definition) is 3. The lowest BCUT2D eigenvalue weighted by molar-refractivity contribution is -0.123. The summed E-state index contributed by atoms with van der Waals surface area (Å²) < 4.78 is 0. The predicted molar refractivity (Wildman–Crippen MR) is 106 cm³/mol. The summed E-state index contributed by atoms with van der Waals surface area (Å²) in [6.07, 6.45) is 7.51. The van der Waals surface area contributed by atoms with Crippen molar-refractivity contribution in [1.82, 2.24) is 4.90 Å². The standard InChI is InChI=1S/C20H31N5O/c21-19(26)16-8-12-25(13-9-16)11-2-1-10-23-20(22)24-18-7-6-15-4-3-5-17(15)14-18/h6-7,14,16H,1-5,8-13H2,(H2,21,26)(H3,22,23,24). The number of aliphatic imine (C=N–C) groups is 1. The molecule has 142 valence electrons. The summed E-state index contributed by atoms with van der Waals surface area (Å²) in [5, 5.41) is 3.20. The topological polar surface area (TPSA) is 96.7 Å². The van der Waals surface area contributed by atoms with E-state index in [2.05, 4.69) is 33.4 Å². The molecule has 0 radical (unpaired) electrons. The van der Waals surface area contributed by atoms with E-state index in [9.17, 15) is 4.79 Å². The molecule has 1 aromatic carbocycles. The highest BCUT2D eigenvalue weighted by Crippen LogP contribution is 2.24. The molecule has 3 rings (SSSR count). The van der Waals surface area contributed by atoms with Gasteiger partial charge in [-0.2, -0.15) is 0 Å². The van der Waals surface area contributed by atoms with Crippen molar-refractivity contribution in [2.24, 2.45) is 22.4 Å². The highest BCUT2D eigenvalue weighted by atomic mass is 16.1. The van der Waals surface area contributed by atoms with Gasteiger partial charge >= 0.3 is 0 Å². The predicted octanol–water partition coefficient (Wildman–Crippen LogP) is 1.88. The average Bonchev–Trinajstić information content (AvgIpc) is 3.09. The van der Waals surface area contributed by atoms with Gasteiger partial charge in [0.25, 0.3) is 0 Å². The quantitative estimate of drug-likeness (QED) is 0.394. The van der Waals surface area contributed by atoms with Gasteiger partial charge in [0.15, 0.2) is 5.96 Å². The summed E-state index contributed by atoms with van der Waals surface area (Å²) in [6, 6.07) is 6.47. The number of benzene rings is 1. The van der Waals surface area contributed by atoms with Gasteiger partial charge in [-0.3, -0.25) is 9.79 Å². The van der Waals surface area contributed by atoms with Gasteiger partial charge in [-0.25, -0.2) is 0 Å². The molecule has 6 nitrogen and oxygen atoms in total. The van der Waals surface area contributed by atoms with Gasteiger partial charge in [0.1, 0.15) is 0 Å². The molecule has 1 heterocycles. The van der Waals surface area contributed by atoms with Crippen LogP contribution in [0.3, 0.4) is 0 Å². The first-order valence-electron chi connectivity index (χ1n) is 9.82. The second kappa shape index (κ2) is 9.03. The summed E-state index contributed by atoms with van der Waals surface area (Å²) in [5.74, 6) is 0.413. The molecule has 26 heavy (non-hydrogen) atoms. The zero-order chi connectivity index (χ0) is 18.4. The lowest BCUT2D eigenvalue weighted by Gasteiger charge is -2.30. The van der Waals surface area contributed by atoms with Crippen molar-refractivity contribution < 1.29 is 4.79 Å². The molecule has 1 amide bonds. The van der Waals surface area contributed by atoms with E-state index >= 15 is 0 Å². The maximum Gasteiger partial charge on any atom is 0.220 e. The fourth-order valence-electron chi connectivity index (χ4n) is 3.92. The number of primary amides is 1. The molecule has 1 fully saturated rings. The number of rotatable bonds is 7. The Labute approximate surface area is 156 Å². The van der Waals surface area contributed by atoms with Gasteiger partial charge in [0.2, 0.25) is 5.91 Å². The number of nitrogens with two attached hydrogens (primary N) is 2. The fraction of sp³-hybridized carbons (Fsp3) is 0.600. The number of fused-ring (bicyclic) bond motifs is 1. The lowest BCUT2D eigenvalue weighted by atomic mass is 9.96. The molecule has 0 spiro atoms. The van der Waals surface area contributed by atoms with Crippen molar-refractivity contribution in [2.75, 3.05) is 31.5 Å². The van der Waals surface area contributed by atoms with Crippen LogP contribution in [0.25, 0.3) is 0 Å². The van der Waals surface area contributed by atoms with E-state index in [1.54, 1.807) is 0 Å². The van der Waals surface area contributed by atoms with Gasteiger partial charge in [0, 0.05) is 18.2 Å². The van der Waals surface area contributed by atoms with Crippen LogP contribution in [0.1, 0.15) is 43.2 Å². The van der Waals surface area contributed by atoms with Gasteiger partial charge in [-0.05, 0) is 87.8 Å². The maximum atomic E-state index is 11.2. The monoisotopic (exact) mass is 357 g/mol. The number of nitrogens with one attached hydrogen (secondary N) is 1. The average molecular weight is 358 g/mol. The molecule has 1 saturated heterocycles. The summed E-state index contributed by atoms with van der Waals surface area (Å²) in [6.45, 7) is 3.73. The Hall–Kier alpha value is -2.08. The number of unbranched alkanes of at least 4 members (excludes halogenated alkanes) is 1. The molecule has 1 aliphatic heterocycles. The summed E-state index contributed by atoms with van der Waals surface area (Å²) >= 11 is 0. The maximum absolute atomic E-state index is 11.2. The highest BCUT2D eigenvalue weighted by molar-refractivity contribution is 5.92. The van der Waals surface area contributed by atoms with Crippen molar-refractivity contribution in [2.45, 2.75) is 44.9 Å². The third kappa shape index (κ3) is 5.21. The first-order valence-corrected chi connectivity index (χ1v) is 9.82. The van der Waals surface area contributed by atoms with Crippen molar-refractivity contribution in [3.63, 3.8) is 0 Å². The van der Waals surface area contributed by atoms with Crippen LogP contribution in [0.15, 0.2) is 23.2 Å². The first-order chi connectivity index (χ1) is 12.6. The second-order valence-electron chi connectivity index (χ2n) is 7.45. The zero-order valence-corrected chi connectivity index (χ0v) is 15.5. The van der Waals surface area contributed by atoms with E-state index < -0.39 is 0 Å². The lowest BCUT2D eigenvalue weighted by Crippen LogP contribution is -2.38. The van der Waals surface area contributed by atoms with Crippen molar-refractivity contribution in [3.8, 4) is 0 Å². The number of carbonyl (C=O) groups is 1. The number of hydrogen-bond acceptors (Lipinski definition) is 3. The fourth-order valence-corrected chi connectivity index (χ4v) is 3.92. The third-order valence-corrected chi connectivity index (χ3v) is 5.53. The number of carbonyl (C=O) groups excluding carboxylic acids is 1. The minimum absolute atomic E-state index is 0.0703. The van der Waals surface area contributed by atoms with Crippen molar-refractivity contribution in [3.05, 3.63) is 29.3 Å². The molecule has 0 aromatic heterocycles. The molecule has 0 saturated carbocycles. The zero-order valence-electron chi connectivity index (χ0n) is 15.5. The number of amides is 1. The van der Waals surface area contributed by atoms with Crippen LogP contribution < -0.4 is 16.8 Å². The van der Waals surface area contributed by atoms with E-state index in [-0.39, 0.29) is 11.8 Å². The van der Waals surface area contributed by atoms with Gasteiger partial charge < -0.3 is 21.7 Å². The molecular formula is C20H31N5O. The van der Waals surface area contributed by atoms with Crippen LogP contribution in [0.2, 0.25) is 0 Å². The molecule has 2 aliphatic rings. The van der Waals surface area contributed by atoms with Crippen LogP contribution in [0.5, 0.6) is 0 Å². The van der Waals surface area contributed by atoms with Crippen molar-refractivity contribution >= 4 is 17.6 Å². The molecule has 1 aromatic rings. The van der Waals surface area contributed by atoms with Gasteiger partial charge in [-0.15, -0.1) is 0 Å². The molecular weight excluding hydrogens is 326 g/mol.